The van der Waals surface area contributed by atoms with Crippen molar-refractivity contribution < 1.29 is 10.2 Å². The maximum absolute atomic E-state index is 8.68. The molecule has 2 nitrogen and oxygen atoms in total. The van der Waals surface area contributed by atoms with Gasteiger partial charge in [-0.2, -0.15) is 0 Å². The predicted molar refractivity (Wildman–Crippen MR) is 32.6 cm³/mol. The number of aliphatic hydroxyl groups is 2. The minimum absolute atomic E-state index is 0.0660. The van der Waals surface area contributed by atoms with Crippen LogP contribution < -0.4 is 0 Å². The summed E-state index contributed by atoms with van der Waals surface area (Å²) >= 11 is 1.33. The van der Waals surface area contributed by atoms with Crippen LogP contribution in [-0.4, -0.2) is 16.0 Å². The standard InChI is InChI=1S/C5H5O2S/c6-4-1-2-8-3-5(4)7/h1,6-7H,2H2. The normalized spacial score (nSPS) is 19.5. The fourth-order valence-corrected chi connectivity index (χ4v) is 0.945. The van der Waals surface area contributed by atoms with Gasteiger partial charge in [0.15, 0.2) is 11.5 Å². The van der Waals surface area contributed by atoms with Crippen LogP contribution >= 0.6 is 11.8 Å². The van der Waals surface area contributed by atoms with Crippen LogP contribution in [0.25, 0.3) is 0 Å². The van der Waals surface area contributed by atoms with Crippen LogP contribution in [0.2, 0.25) is 0 Å². The molecule has 43 valence electrons. The Kier molecular flexibility index (Phi) is 1.48. The Bertz CT molecular complexity index is 131. The lowest BCUT2D eigenvalue weighted by Crippen LogP contribution is -1.91. The SMILES string of the molecule is OC1=[C]SCC=C1O. The van der Waals surface area contributed by atoms with Gasteiger partial charge in [-0.3, -0.25) is 0 Å². The fraction of sp³-hybridized carbons (Fsp3) is 0.200. The first kappa shape index (κ1) is 5.56. The average Bonchev–Trinajstić information content (AvgIpc) is 1.77. The molecule has 0 saturated heterocycles. The van der Waals surface area contributed by atoms with E-state index in [-0.39, 0.29) is 11.5 Å². The van der Waals surface area contributed by atoms with Gasteiger partial charge in [0, 0.05) is 5.75 Å². The first-order valence-electron chi connectivity index (χ1n) is 2.14. The molecular weight excluding hydrogens is 124 g/mol. The fourth-order valence-electron chi connectivity index (χ4n) is 0.380. The van der Waals surface area contributed by atoms with Crippen molar-refractivity contribution in [2.45, 2.75) is 0 Å². The molecule has 0 fully saturated rings. The molecule has 0 saturated carbocycles. The lowest BCUT2D eigenvalue weighted by molar-refractivity contribution is 0.325. The van der Waals surface area contributed by atoms with Crippen molar-refractivity contribution in [3.05, 3.63) is 23.0 Å². The van der Waals surface area contributed by atoms with Crippen molar-refractivity contribution in [1.82, 2.24) is 0 Å². The van der Waals surface area contributed by atoms with E-state index < -0.39 is 0 Å². The monoisotopic (exact) mass is 129 g/mol. The summed E-state index contributed by atoms with van der Waals surface area (Å²) in [7, 11) is 0. The Balaban J connectivity index is 2.73. The quantitative estimate of drug-likeness (QED) is 0.519. The smallest absolute Gasteiger partial charge is 0.172 e. The maximum atomic E-state index is 8.68. The van der Waals surface area contributed by atoms with Crippen molar-refractivity contribution in [3.63, 3.8) is 0 Å². The number of thioether (sulfide) groups is 1. The molecule has 1 radical (unpaired) electrons. The van der Waals surface area contributed by atoms with Gasteiger partial charge < -0.3 is 10.2 Å². The van der Waals surface area contributed by atoms with Gasteiger partial charge in [-0.05, 0) is 6.08 Å². The molecule has 0 aromatic rings. The van der Waals surface area contributed by atoms with Crippen molar-refractivity contribution in [1.29, 1.82) is 0 Å². The van der Waals surface area contributed by atoms with Gasteiger partial charge in [0.25, 0.3) is 0 Å². The Hall–Kier alpha value is -0.570. The molecule has 8 heavy (non-hydrogen) atoms. The number of hydrogen-bond acceptors (Lipinski definition) is 3. The predicted octanol–water partition coefficient (Wildman–Crippen LogP) is 1.38. The van der Waals surface area contributed by atoms with E-state index in [1.54, 1.807) is 0 Å². The summed E-state index contributed by atoms with van der Waals surface area (Å²) in [6, 6.07) is 0. The topological polar surface area (TPSA) is 40.5 Å². The largest absolute Gasteiger partial charge is 0.504 e. The van der Waals surface area contributed by atoms with E-state index in [2.05, 4.69) is 5.41 Å². The zero-order valence-corrected chi connectivity index (χ0v) is 4.90. The highest BCUT2D eigenvalue weighted by Crippen LogP contribution is 2.15. The van der Waals surface area contributed by atoms with Gasteiger partial charge in [-0.1, -0.05) is 0 Å². The summed E-state index contributed by atoms with van der Waals surface area (Å²) in [6.07, 6.45) is 1.54. The Morgan fingerprint density at radius 2 is 2.38 bits per heavy atom. The molecule has 0 aromatic carbocycles. The summed E-state index contributed by atoms with van der Waals surface area (Å²) in [5.41, 5.74) is 0. The molecule has 2 N–H and O–H groups in total. The molecule has 0 unspecified atom stereocenters. The molecule has 0 atom stereocenters. The molecule has 0 spiro atoms. The van der Waals surface area contributed by atoms with Crippen molar-refractivity contribution in [3.8, 4) is 0 Å². The number of rotatable bonds is 0. The summed E-state index contributed by atoms with van der Waals surface area (Å²) < 4.78 is 0. The van der Waals surface area contributed by atoms with Gasteiger partial charge in [0.05, 0.1) is 5.41 Å². The van der Waals surface area contributed by atoms with E-state index >= 15 is 0 Å². The van der Waals surface area contributed by atoms with Crippen molar-refractivity contribution in [2.75, 3.05) is 5.75 Å². The second-order valence-corrected chi connectivity index (χ2v) is 2.18. The number of aliphatic hydroxyl groups excluding tert-OH is 2. The summed E-state index contributed by atoms with van der Waals surface area (Å²) in [4.78, 5) is 0. The second kappa shape index (κ2) is 2.13. The first-order valence-corrected chi connectivity index (χ1v) is 3.12. The minimum atomic E-state index is -0.152. The Morgan fingerprint density at radius 3 is 2.75 bits per heavy atom. The lowest BCUT2D eigenvalue weighted by atomic mass is 10.4. The van der Waals surface area contributed by atoms with Gasteiger partial charge >= 0.3 is 0 Å². The molecular formula is C5H5O2S. The molecule has 1 heterocycles. The third kappa shape index (κ3) is 0.980. The number of hydrogen-bond donors (Lipinski definition) is 2. The summed E-state index contributed by atoms with van der Waals surface area (Å²) in [6.45, 7) is 0. The molecule has 0 aromatic heterocycles. The molecule has 1 aliphatic heterocycles. The van der Waals surface area contributed by atoms with E-state index in [0.717, 1.165) is 0 Å². The molecule has 0 aliphatic carbocycles. The summed E-state index contributed by atoms with van der Waals surface area (Å²) in [5, 5.41) is 19.8. The van der Waals surface area contributed by atoms with Crippen LogP contribution in [0.15, 0.2) is 17.6 Å². The van der Waals surface area contributed by atoms with Gasteiger partial charge in [-0.15, -0.1) is 11.8 Å². The van der Waals surface area contributed by atoms with Crippen LogP contribution in [0, 0.1) is 5.41 Å². The van der Waals surface area contributed by atoms with Gasteiger partial charge in [0.2, 0.25) is 0 Å². The average molecular weight is 129 g/mol. The van der Waals surface area contributed by atoms with Crippen LogP contribution in [0.1, 0.15) is 0 Å². The van der Waals surface area contributed by atoms with E-state index in [1.807, 2.05) is 0 Å². The zero-order valence-electron chi connectivity index (χ0n) is 4.09. The van der Waals surface area contributed by atoms with Crippen molar-refractivity contribution >= 4 is 11.8 Å². The zero-order chi connectivity index (χ0) is 5.98. The highest BCUT2D eigenvalue weighted by molar-refractivity contribution is 8.01. The van der Waals surface area contributed by atoms with E-state index in [0.29, 0.717) is 5.75 Å². The van der Waals surface area contributed by atoms with Gasteiger partial charge in [-0.25, -0.2) is 0 Å². The maximum Gasteiger partial charge on any atom is 0.172 e. The minimum Gasteiger partial charge on any atom is -0.504 e. The second-order valence-electron chi connectivity index (χ2n) is 1.35. The molecule has 3 heteroatoms. The van der Waals surface area contributed by atoms with Crippen molar-refractivity contribution in [2.24, 2.45) is 0 Å². The van der Waals surface area contributed by atoms with Crippen LogP contribution in [0.3, 0.4) is 0 Å². The van der Waals surface area contributed by atoms with E-state index in [9.17, 15) is 0 Å². The summed E-state index contributed by atoms with van der Waals surface area (Å²) in [5.74, 6) is 0.473. The molecule has 0 bridgehead atoms. The van der Waals surface area contributed by atoms with Crippen LogP contribution in [0.4, 0.5) is 0 Å². The third-order valence-electron chi connectivity index (χ3n) is 0.771. The van der Waals surface area contributed by atoms with Crippen LogP contribution in [-0.2, 0) is 0 Å². The van der Waals surface area contributed by atoms with E-state index in [4.69, 9.17) is 10.2 Å². The molecule has 1 aliphatic rings. The van der Waals surface area contributed by atoms with E-state index in [1.165, 1.54) is 17.8 Å². The van der Waals surface area contributed by atoms with Gasteiger partial charge in [0.1, 0.15) is 0 Å². The highest BCUT2D eigenvalue weighted by Gasteiger charge is 2.03. The Morgan fingerprint density at radius 1 is 1.62 bits per heavy atom. The third-order valence-corrected chi connectivity index (χ3v) is 1.44. The highest BCUT2D eigenvalue weighted by atomic mass is 32.2. The molecule has 0 amide bonds. The molecule has 1 rings (SSSR count). The van der Waals surface area contributed by atoms with Crippen LogP contribution in [0.5, 0.6) is 0 Å². The lowest BCUT2D eigenvalue weighted by Gasteiger charge is -2.01. The Labute approximate surface area is 51.5 Å². The first-order chi connectivity index (χ1) is 3.80.